The molecule has 2 nitrogen and oxygen atoms in total. The summed E-state index contributed by atoms with van der Waals surface area (Å²) in [5.41, 5.74) is 14.0. The molecule has 2 heterocycles. The molecule has 0 aliphatic carbocycles. The molecule has 0 fully saturated rings. The van der Waals surface area contributed by atoms with Crippen LogP contribution in [0.25, 0.3) is 98.6 Å². The van der Waals surface area contributed by atoms with Crippen LogP contribution in [0.15, 0.2) is 206 Å². The molecule has 258 valence electrons. The lowest BCUT2D eigenvalue weighted by Gasteiger charge is -2.16. The van der Waals surface area contributed by atoms with E-state index in [1.807, 2.05) is 29.5 Å². The third-order valence-electron chi connectivity index (χ3n) is 10.3. The van der Waals surface area contributed by atoms with E-state index >= 15 is 0 Å². The maximum atomic E-state index is 5.31. The third-order valence-corrected chi connectivity index (χ3v) is 11.4. The van der Waals surface area contributed by atoms with Crippen LogP contribution in [0.2, 0.25) is 0 Å². The standard InChI is InChI=1S/C52H34N2S/c1-5-15-35(16-6-1)39-25-27-44(46(32-39)37-19-9-3-10-20-37)49-34-48(53-52(54-49)38-21-11-4-12-22-38)43-30-41(36-17-7-2-8-18-36)29-42(31-43)40-26-28-51-47(33-40)45-23-13-14-24-50(45)55-51/h1-34H. The molecule has 0 radical (unpaired) electrons. The molecule has 0 unspecified atom stereocenters. The Morgan fingerprint density at radius 1 is 0.273 bits per heavy atom. The highest BCUT2D eigenvalue weighted by Crippen LogP contribution is 2.41. The van der Waals surface area contributed by atoms with Crippen LogP contribution in [0.5, 0.6) is 0 Å². The molecule has 10 aromatic rings. The lowest BCUT2D eigenvalue weighted by Crippen LogP contribution is -1.98. The summed E-state index contributed by atoms with van der Waals surface area (Å²) in [6.07, 6.45) is 0. The minimum atomic E-state index is 0.692. The lowest BCUT2D eigenvalue weighted by molar-refractivity contribution is 1.18. The molecular formula is C52H34N2S. The largest absolute Gasteiger partial charge is 0.228 e. The van der Waals surface area contributed by atoms with E-state index in [0.29, 0.717) is 5.82 Å². The van der Waals surface area contributed by atoms with Crippen LogP contribution >= 0.6 is 11.3 Å². The summed E-state index contributed by atoms with van der Waals surface area (Å²) in [6, 6.07) is 73.5. The van der Waals surface area contributed by atoms with Crippen LogP contribution in [0.1, 0.15) is 0 Å². The smallest absolute Gasteiger partial charge is 0.160 e. The summed E-state index contributed by atoms with van der Waals surface area (Å²) in [7, 11) is 0. The monoisotopic (exact) mass is 718 g/mol. The molecule has 0 spiro atoms. The number of benzene rings is 8. The van der Waals surface area contributed by atoms with Gasteiger partial charge in [0, 0.05) is 36.9 Å². The fourth-order valence-electron chi connectivity index (χ4n) is 7.53. The summed E-state index contributed by atoms with van der Waals surface area (Å²) >= 11 is 1.85. The first kappa shape index (κ1) is 32.7. The SMILES string of the molecule is c1ccc(-c2cc(-c3ccc4sc5ccccc5c4c3)cc(-c3cc(-c4ccc(-c5ccccc5)cc4-c4ccccc4)nc(-c4ccccc4)n3)c2)cc1. The first-order valence-electron chi connectivity index (χ1n) is 18.6. The zero-order valence-corrected chi connectivity index (χ0v) is 30.7. The van der Waals surface area contributed by atoms with E-state index in [0.717, 1.165) is 61.5 Å². The van der Waals surface area contributed by atoms with Gasteiger partial charge in [0.25, 0.3) is 0 Å². The van der Waals surface area contributed by atoms with Gasteiger partial charge in [-0.3, -0.25) is 0 Å². The van der Waals surface area contributed by atoms with Crippen molar-refractivity contribution in [1.29, 1.82) is 0 Å². The van der Waals surface area contributed by atoms with Crippen LogP contribution in [0.4, 0.5) is 0 Å². The predicted octanol–water partition coefficient (Wildman–Crippen LogP) is 14.5. The Balaban J connectivity index is 1.20. The van der Waals surface area contributed by atoms with E-state index in [1.54, 1.807) is 0 Å². The Labute approximate surface area is 324 Å². The van der Waals surface area contributed by atoms with E-state index < -0.39 is 0 Å². The van der Waals surface area contributed by atoms with Gasteiger partial charge in [0.05, 0.1) is 11.4 Å². The van der Waals surface area contributed by atoms with E-state index in [4.69, 9.17) is 9.97 Å². The summed E-state index contributed by atoms with van der Waals surface area (Å²) in [4.78, 5) is 10.6. The van der Waals surface area contributed by atoms with Gasteiger partial charge in [0.1, 0.15) is 0 Å². The van der Waals surface area contributed by atoms with Crippen LogP contribution in [-0.4, -0.2) is 9.97 Å². The Bertz CT molecular complexity index is 2950. The van der Waals surface area contributed by atoms with E-state index in [2.05, 4.69) is 188 Å². The summed E-state index contributed by atoms with van der Waals surface area (Å²) < 4.78 is 2.60. The number of thiophene rings is 1. The summed E-state index contributed by atoms with van der Waals surface area (Å²) in [5.74, 6) is 0.692. The fourth-order valence-corrected chi connectivity index (χ4v) is 8.62. The van der Waals surface area contributed by atoms with Gasteiger partial charge in [-0.25, -0.2) is 9.97 Å². The fraction of sp³-hybridized carbons (Fsp3) is 0. The van der Waals surface area contributed by atoms with Crippen molar-refractivity contribution in [2.75, 3.05) is 0 Å². The number of fused-ring (bicyclic) bond motifs is 3. The maximum absolute atomic E-state index is 5.31. The van der Waals surface area contributed by atoms with E-state index in [9.17, 15) is 0 Å². The molecule has 0 bridgehead atoms. The second-order valence-corrected chi connectivity index (χ2v) is 14.9. The van der Waals surface area contributed by atoms with Gasteiger partial charge < -0.3 is 0 Å². The van der Waals surface area contributed by atoms with Gasteiger partial charge in [-0.15, -0.1) is 11.3 Å². The molecule has 0 aliphatic rings. The first-order chi connectivity index (χ1) is 27.2. The normalized spacial score (nSPS) is 11.3. The van der Waals surface area contributed by atoms with Crippen LogP contribution < -0.4 is 0 Å². The Morgan fingerprint density at radius 3 is 1.49 bits per heavy atom. The van der Waals surface area contributed by atoms with Crippen LogP contribution in [-0.2, 0) is 0 Å². The number of rotatable bonds is 7. The van der Waals surface area contributed by atoms with Gasteiger partial charge in [-0.1, -0.05) is 158 Å². The number of hydrogen-bond donors (Lipinski definition) is 0. The summed E-state index contributed by atoms with van der Waals surface area (Å²) in [5, 5.41) is 2.58. The van der Waals surface area contributed by atoms with Crippen molar-refractivity contribution in [3.63, 3.8) is 0 Å². The minimum Gasteiger partial charge on any atom is -0.228 e. The second-order valence-electron chi connectivity index (χ2n) is 13.8. The number of nitrogens with zero attached hydrogens (tertiary/aromatic N) is 2. The molecule has 55 heavy (non-hydrogen) atoms. The molecule has 8 aromatic carbocycles. The van der Waals surface area contributed by atoms with Crippen LogP contribution in [0.3, 0.4) is 0 Å². The van der Waals surface area contributed by atoms with Crippen molar-refractivity contribution in [3.8, 4) is 78.4 Å². The molecular weight excluding hydrogens is 685 g/mol. The average Bonchev–Trinajstić information content (AvgIpc) is 3.65. The quantitative estimate of drug-likeness (QED) is 0.164. The molecule has 0 atom stereocenters. The highest BCUT2D eigenvalue weighted by atomic mass is 32.1. The second kappa shape index (κ2) is 14.1. The minimum absolute atomic E-state index is 0.692. The van der Waals surface area contributed by atoms with Crippen molar-refractivity contribution in [2.45, 2.75) is 0 Å². The molecule has 10 rings (SSSR count). The molecule has 0 amide bonds. The van der Waals surface area contributed by atoms with Crippen molar-refractivity contribution in [1.82, 2.24) is 9.97 Å². The Kier molecular flexibility index (Phi) is 8.40. The zero-order chi connectivity index (χ0) is 36.6. The highest BCUT2D eigenvalue weighted by molar-refractivity contribution is 7.25. The Hall–Kier alpha value is -6.94. The predicted molar refractivity (Wildman–Crippen MR) is 233 cm³/mol. The van der Waals surface area contributed by atoms with E-state index in [1.165, 1.54) is 31.3 Å². The maximum Gasteiger partial charge on any atom is 0.160 e. The van der Waals surface area contributed by atoms with Crippen molar-refractivity contribution < 1.29 is 0 Å². The van der Waals surface area contributed by atoms with Crippen molar-refractivity contribution in [2.24, 2.45) is 0 Å². The van der Waals surface area contributed by atoms with Crippen LogP contribution in [0, 0.1) is 0 Å². The van der Waals surface area contributed by atoms with Crippen molar-refractivity contribution >= 4 is 31.5 Å². The Morgan fingerprint density at radius 2 is 0.782 bits per heavy atom. The third kappa shape index (κ3) is 6.41. The molecule has 2 aromatic heterocycles. The van der Waals surface area contributed by atoms with Gasteiger partial charge in [-0.05, 0) is 93.0 Å². The number of aromatic nitrogens is 2. The molecule has 0 aliphatic heterocycles. The number of hydrogen-bond acceptors (Lipinski definition) is 3. The summed E-state index contributed by atoms with van der Waals surface area (Å²) in [6.45, 7) is 0. The molecule has 3 heteroatoms. The average molecular weight is 719 g/mol. The van der Waals surface area contributed by atoms with Gasteiger partial charge in [0.15, 0.2) is 5.82 Å². The van der Waals surface area contributed by atoms with E-state index in [-0.39, 0.29) is 0 Å². The van der Waals surface area contributed by atoms with Crippen molar-refractivity contribution in [3.05, 3.63) is 206 Å². The lowest BCUT2D eigenvalue weighted by atomic mass is 9.91. The highest BCUT2D eigenvalue weighted by Gasteiger charge is 2.17. The molecule has 0 saturated heterocycles. The molecule has 0 N–H and O–H groups in total. The van der Waals surface area contributed by atoms with Gasteiger partial charge in [-0.2, -0.15) is 0 Å². The molecule has 0 saturated carbocycles. The van der Waals surface area contributed by atoms with Gasteiger partial charge in [0.2, 0.25) is 0 Å². The topological polar surface area (TPSA) is 25.8 Å². The first-order valence-corrected chi connectivity index (χ1v) is 19.4. The zero-order valence-electron chi connectivity index (χ0n) is 29.9. The van der Waals surface area contributed by atoms with Gasteiger partial charge >= 0.3 is 0 Å².